The van der Waals surface area contributed by atoms with Crippen LogP contribution >= 0.6 is 10.7 Å². The van der Waals surface area contributed by atoms with Crippen LogP contribution in [0, 0.1) is 0 Å². The quantitative estimate of drug-likeness (QED) is 0.540. The van der Waals surface area contributed by atoms with E-state index in [9.17, 15) is 16.8 Å². The second kappa shape index (κ2) is 4.20. The molecular weight excluding hydrogens is 248 g/mol. The van der Waals surface area contributed by atoms with Crippen molar-refractivity contribution >= 4 is 29.6 Å². The van der Waals surface area contributed by atoms with Gasteiger partial charge in [-0.3, -0.25) is 0 Å². The molecule has 82 valence electrons. The van der Waals surface area contributed by atoms with Crippen LogP contribution in [-0.2, 0) is 18.9 Å². The van der Waals surface area contributed by atoms with E-state index in [0.717, 1.165) is 0 Å². The molecule has 0 unspecified atom stereocenters. The van der Waals surface area contributed by atoms with Gasteiger partial charge in [0, 0.05) is 10.7 Å². The largest absolute Gasteiger partial charge is 0.236 e. The summed E-state index contributed by atoms with van der Waals surface area (Å²) in [7, 11) is -1.56. The van der Waals surface area contributed by atoms with Crippen molar-refractivity contribution in [2.24, 2.45) is 0 Å². The molecule has 0 aliphatic carbocycles. The Morgan fingerprint density at radius 1 is 1.43 bits per heavy atom. The van der Waals surface area contributed by atoms with E-state index in [1.54, 1.807) is 0 Å². The Morgan fingerprint density at radius 3 is 2.57 bits per heavy atom. The highest BCUT2D eigenvalue weighted by atomic mass is 35.7. The summed E-state index contributed by atoms with van der Waals surface area (Å²) in [5.41, 5.74) is 0.653. The van der Waals surface area contributed by atoms with Gasteiger partial charge in [0.25, 0.3) is 0 Å². The van der Waals surface area contributed by atoms with Crippen molar-refractivity contribution in [2.75, 3.05) is 17.3 Å². The maximum Gasteiger partial charge on any atom is 0.236 e. The zero-order valence-electron chi connectivity index (χ0n) is 7.44. The van der Waals surface area contributed by atoms with E-state index in [2.05, 4.69) is 0 Å². The molecule has 0 amide bonds. The minimum Gasteiger partial charge on any atom is -0.229 e. The molecule has 0 saturated carbocycles. The lowest BCUT2D eigenvalue weighted by Gasteiger charge is -2.14. The molecule has 0 spiro atoms. The van der Waals surface area contributed by atoms with E-state index in [1.165, 1.54) is 6.08 Å². The molecule has 1 aliphatic rings. The Labute approximate surface area is 88.3 Å². The molecule has 1 saturated heterocycles. The van der Waals surface area contributed by atoms with Crippen molar-refractivity contribution in [2.45, 2.75) is 12.8 Å². The predicted octanol–water partition coefficient (Wildman–Crippen LogP) is 0.690. The summed E-state index contributed by atoms with van der Waals surface area (Å²) in [5, 5.41) is 0. The van der Waals surface area contributed by atoms with Crippen LogP contribution in [0.15, 0.2) is 11.6 Å². The Morgan fingerprint density at radius 2 is 2.07 bits per heavy atom. The molecule has 0 aromatic heterocycles. The van der Waals surface area contributed by atoms with Gasteiger partial charge in [0.05, 0.1) is 17.3 Å². The normalized spacial score (nSPS) is 25.1. The van der Waals surface area contributed by atoms with Crippen LogP contribution in [0.25, 0.3) is 0 Å². The number of hydrogen-bond donors (Lipinski definition) is 0. The highest BCUT2D eigenvalue weighted by molar-refractivity contribution is 8.13. The highest BCUT2D eigenvalue weighted by Gasteiger charge is 2.19. The van der Waals surface area contributed by atoms with Crippen LogP contribution in [0.3, 0.4) is 0 Å². The van der Waals surface area contributed by atoms with E-state index in [-0.39, 0.29) is 17.3 Å². The maximum absolute atomic E-state index is 11.2. The van der Waals surface area contributed by atoms with Gasteiger partial charge >= 0.3 is 0 Å². The number of rotatable bonds is 2. The molecule has 0 N–H and O–H groups in total. The average molecular weight is 259 g/mol. The third-order valence-corrected chi connectivity index (χ3v) is 4.59. The van der Waals surface area contributed by atoms with E-state index in [0.29, 0.717) is 18.4 Å². The molecule has 1 aliphatic heterocycles. The summed E-state index contributed by atoms with van der Waals surface area (Å²) in [6.07, 6.45) is 2.61. The van der Waals surface area contributed by atoms with Gasteiger partial charge in [-0.2, -0.15) is 0 Å². The van der Waals surface area contributed by atoms with Crippen LogP contribution in [0.1, 0.15) is 12.8 Å². The third-order valence-electron chi connectivity index (χ3n) is 1.93. The van der Waals surface area contributed by atoms with Gasteiger partial charge in [0.2, 0.25) is 9.05 Å². The van der Waals surface area contributed by atoms with Gasteiger partial charge < -0.3 is 0 Å². The van der Waals surface area contributed by atoms with Gasteiger partial charge in [-0.15, -0.1) is 0 Å². The molecule has 0 bridgehead atoms. The van der Waals surface area contributed by atoms with Crippen LogP contribution in [-0.4, -0.2) is 34.1 Å². The second-order valence-corrected chi connectivity index (χ2v) is 8.27. The van der Waals surface area contributed by atoms with Crippen LogP contribution in [0.5, 0.6) is 0 Å². The number of halogens is 1. The first kappa shape index (κ1) is 12.0. The van der Waals surface area contributed by atoms with Gasteiger partial charge in [0.1, 0.15) is 0 Å². The number of hydrogen-bond acceptors (Lipinski definition) is 4. The van der Waals surface area contributed by atoms with Gasteiger partial charge in [-0.1, -0.05) is 11.6 Å². The molecule has 1 rings (SSSR count). The molecule has 14 heavy (non-hydrogen) atoms. The summed E-state index contributed by atoms with van der Waals surface area (Å²) in [6.45, 7) is 0. The monoisotopic (exact) mass is 258 g/mol. The fraction of sp³-hybridized carbons (Fsp3) is 0.714. The second-order valence-electron chi connectivity index (χ2n) is 3.26. The maximum atomic E-state index is 11.2. The zero-order valence-corrected chi connectivity index (χ0v) is 9.83. The topological polar surface area (TPSA) is 68.3 Å². The summed E-state index contributed by atoms with van der Waals surface area (Å²) >= 11 is 0. The number of sulfone groups is 1. The lowest BCUT2D eigenvalue weighted by molar-refractivity contribution is 0.588. The third kappa shape index (κ3) is 4.43. The lowest BCUT2D eigenvalue weighted by atomic mass is 10.2. The summed E-state index contributed by atoms with van der Waals surface area (Å²) in [5.74, 6) is -0.128. The fourth-order valence-corrected chi connectivity index (χ4v) is 3.50. The van der Waals surface area contributed by atoms with Crippen LogP contribution in [0.2, 0.25) is 0 Å². The Hall–Kier alpha value is -0.0700. The van der Waals surface area contributed by atoms with Crippen molar-refractivity contribution in [1.82, 2.24) is 0 Å². The predicted molar refractivity (Wildman–Crippen MR) is 55.6 cm³/mol. The van der Waals surface area contributed by atoms with Gasteiger partial charge in [-0.05, 0) is 12.8 Å². The molecular formula is C7H11ClO4S2. The smallest absolute Gasteiger partial charge is 0.229 e. The standard InChI is InChI=1S/C7H11ClO4S2/c8-14(11,12)5-3-7-2-1-4-13(9,10)6-7/h3H,1-2,4-6H2/b7-3+. The lowest BCUT2D eigenvalue weighted by Crippen LogP contribution is -2.19. The van der Waals surface area contributed by atoms with Crippen LogP contribution in [0.4, 0.5) is 0 Å². The van der Waals surface area contributed by atoms with Crippen molar-refractivity contribution in [1.29, 1.82) is 0 Å². The van der Waals surface area contributed by atoms with E-state index in [4.69, 9.17) is 10.7 Å². The molecule has 7 heteroatoms. The van der Waals surface area contributed by atoms with Crippen molar-refractivity contribution in [3.63, 3.8) is 0 Å². The highest BCUT2D eigenvalue weighted by Crippen LogP contribution is 2.17. The minimum atomic E-state index is -3.56. The SMILES string of the molecule is O=S(=O)(Cl)C/C=C1\CCCS(=O)(=O)C1. The molecule has 0 atom stereocenters. The summed E-state index contributed by atoms with van der Waals surface area (Å²) < 4.78 is 43.5. The first-order valence-corrected chi connectivity index (χ1v) is 8.39. The van der Waals surface area contributed by atoms with Gasteiger partial charge in [0.15, 0.2) is 9.84 Å². The van der Waals surface area contributed by atoms with Crippen molar-refractivity contribution < 1.29 is 16.8 Å². The summed E-state index contributed by atoms with van der Waals surface area (Å²) in [6, 6.07) is 0. The molecule has 1 fully saturated rings. The molecule has 1 heterocycles. The van der Waals surface area contributed by atoms with E-state index >= 15 is 0 Å². The zero-order chi connectivity index (χ0) is 10.8. The first-order chi connectivity index (χ1) is 6.29. The molecule has 0 radical (unpaired) electrons. The van der Waals surface area contributed by atoms with Crippen molar-refractivity contribution in [3.8, 4) is 0 Å². The average Bonchev–Trinajstić information content (AvgIpc) is 1.98. The fourth-order valence-electron chi connectivity index (χ4n) is 1.32. The molecule has 4 nitrogen and oxygen atoms in total. The Kier molecular flexibility index (Phi) is 3.60. The summed E-state index contributed by atoms with van der Waals surface area (Å²) in [4.78, 5) is 0. The van der Waals surface area contributed by atoms with Crippen LogP contribution < -0.4 is 0 Å². The Balaban J connectivity index is 2.71. The first-order valence-electron chi connectivity index (χ1n) is 4.09. The molecule has 0 aromatic rings. The van der Waals surface area contributed by atoms with E-state index < -0.39 is 18.9 Å². The van der Waals surface area contributed by atoms with Crippen molar-refractivity contribution in [3.05, 3.63) is 11.6 Å². The van der Waals surface area contributed by atoms with Gasteiger partial charge in [-0.25, -0.2) is 16.8 Å². The molecule has 0 aromatic carbocycles. The van der Waals surface area contributed by atoms with E-state index in [1.807, 2.05) is 0 Å². The minimum absolute atomic E-state index is 0.0284. The Bertz CT molecular complexity index is 432.